The van der Waals surface area contributed by atoms with Crippen LogP contribution in [0.2, 0.25) is 0 Å². The summed E-state index contributed by atoms with van der Waals surface area (Å²) in [5, 5.41) is 4.12. The molecule has 1 aliphatic rings. The van der Waals surface area contributed by atoms with Crippen LogP contribution >= 0.6 is 0 Å². The number of amides is 1. The van der Waals surface area contributed by atoms with Gasteiger partial charge in [0, 0.05) is 6.54 Å². The lowest BCUT2D eigenvalue weighted by Crippen LogP contribution is -2.39. The number of hydrogen-bond donors (Lipinski definition) is 1. The zero-order valence-corrected chi connectivity index (χ0v) is 9.00. The second-order valence-electron chi connectivity index (χ2n) is 3.50. The Morgan fingerprint density at radius 2 is 2.56 bits per heavy atom. The molecule has 0 saturated carbocycles. The SMILES string of the molecule is COc1nn(C2CN(C=O)CCO2)cc1N. The minimum Gasteiger partial charge on any atom is -0.478 e. The third-order valence-electron chi connectivity index (χ3n) is 2.44. The van der Waals surface area contributed by atoms with E-state index in [0.717, 1.165) is 6.41 Å². The van der Waals surface area contributed by atoms with Crippen molar-refractivity contribution in [1.29, 1.82) is 0 Å². The van der Waals surface area contributed by atoms with Crippen LogP contribution < -0.4 is 10.5 Å². The number of anilines is 1. The van der Waals surface area contributed by atoms with Crippen molar-refractivity contribution in [2.24, 2.45) is 0 Å². The average Bonchev–Trinajstić information content (AvgIpc) is 2.71. The molecule has 1 unspecified atom stereocenters. The number of rotatable bonds is 3. The first-order valence-electron chi connectivity index (χ1n) is 4.94. The van der Waals surface area contributed by atoms with Gasteiger partial charge in [-0.05, 0) is 0 Å². The van der Waals surface area contributed by atoms with Crippen LogP contribution in [-0.2, 0) is 9.53 Å². The molecule has 1 aliphatic heterocycles. The van der Waals surface area contributed by atoms with Gasteiger partial charge in [0.1, 0.15) is 5.69 Å². The second kappa shape index (κ2) is 4.40. The molecule has 1 aromatic rings. The van der Waals surface area contributed by atoms with Crippen LogP contribution in [0.5, 0.6) is 5.88 Å². The highest BCUT2D eigenvalue weighted by Crippen LogP contribution is 2.22. The van der Waals surface area contributed by atoms with E-state index in [0.29, 0.717) is 31.3 Å². The quantitative estimate of drug-likeness (QED) is 0.700. The van der Waals surface area contributed by atoms with Gasteiger partial charge in [-0.1, -0.05) is 0 Å². The minimum atomic E-state index is -0.301. The largest absolute Gasteiger partial charge is 0.478 e. The number of methoxy groups -OCH3 is 1. The monoisotopic (exact) mass is 226 g/mol. The van der Waals surface area contributed by atoms with E-state index in [4.69, 9.17) is 15.2 Å². The van der Waals surface area contributed by atoms with Gasteiger partial charge in [-0.3, -0.25) is 4.79 Å². The predicted molar refractivity (Wildman–Crippen MR) is 55.8 cm³/mol. The van der Waals surface area contributed by atoms with Crippen molar-refractivity contribution < 1.29 is 14.3 Å². The number of morpholine rings is 1. The Kier molecular flexibility index (Phi) is 2.95. The van der Waals surface area contributed by atoms with E-state index in [9.17, 15) is 4.79 Å². The minimum absolute atomic E-state index is 0.301. The first-order valence-corrected chi connectivity index (χ1v) is 4.94. The highest BCUT2D eigenvalue weighted by Gasteiger charge is 2.22. The van der Waals surface area contributed by atoms with Gasteiger partial charge in [-0.15, -0.1) is 5.10 Å². The molecule has 16 heavy (non-hydrogen) atoms. The Morgan fingerprint density at radius 1 is 1.75 bits per heavy atom. The molecular weight excluding hydrogens is 212 g/mol. The summed E-state index contributed by atoms with van der Waals surface area (Å²) in [7, 11) is 1.50. The van der Waals surface area contributed by atoms with Gasteiger partial charge in [0.15, 0.2) is 6.23 Å². The van der Waals surface area contributed by atoms with Gasteiger partial charge in [-0.2, -0.15) is 0 Å². The van der Waals surface area contributed by atoms with E-state index in [1.54, 1.807) is 15.8 Å². The number of nitrogens with zero attached hydrogens (tertiary/aromatic N) is 3. The summed E-state index contributed by atoms with van der Waals surface area (Å²) in [6.07, 6.45) is 2.14. The maximum Gasteiger partial charge on any atom is 0.256 e. The first-order chi connectivity index (χ1) is 7.74. The number of carbonyl (C=O) groups excluding carboxylic acids is 1. The van der Waals surface area contributed by atoms with Gasteiger partial charge in [0.05, 0.1) is 26.5 Å². The fourth-order valence-electron chi connectivity index (χ4n) is 1.60. The van der Waals surface area contributed by atoms with Crippen molar-refractivity contribution in [1.82, 2.24) is 14.7 Å². The summed E-state index contributed by atoms with van der Waals surface area (Å²) in [6, 6.07) is 0. The van der Waals surface area contributed by atoms with Crippen LogP contribution in [0.25, 0.3) is 0 Å². The normalized spacial score (nSPS) is 20.8. The second-order valence-corrected chi connectivity index (χ2v) is 3.50. The molecular formula is C9H14N4O3. The van der Waals surface area contributed by atoms with Crippen molar-refractivity contribution >= 4 is 12.1 Å². The Bertz CT molecular complexity index is 379. The third-order valence-corrected chi connectivity index (χ3v) is 2.44. The van der Waals surface area contributed by atoms with E-state index in [-0.39, 0.29) is 6.23 Å². The summed E-state index contributed by atoms with van der Waals surface area (Å²) < 4.78 is 12.0. The molecule has 7 heteroatoms. The Balaban J connectivity index is 2.13. The fourth-order valence-corrected chi connectivity index (χ4v) is 1.60. The topological polar surface area (TPSA) is 82.6 Å². The van der Waals surface area contributed by atoms with E-state index < -0.39 is 0 Å². The molecule has 2 heterocycles. The molecule has 0 aromatic carbocycles. The van der Waals surface area contributed by atoms with Crippen LogP contribution in [0.4, 0.5) is 5.69 Å². The number of hydrogen-bond acceptors (Lipinski definition) is 5. The Labute approximate surface area is 92.7 Å². The molecule has 7 nitrogen and oxygen atoms in total. The van der Waals surface area contributed by atoms with Crippen molar-refractivity contribution in [3.05, 3.63) is 6.20 Å². The van der Waals surface area contributed by atoms with Crippen molar-refractivity contribution in [3.8, 4) is 5.88 Å². The van der Waals surface area contributed by atoms with Crippen LogP contribution in [0.15, 0.2) is 6.20 Å². The van der Waals surface area contributed by atoms with Crippen molar-refractivity contribution in [2.75, 3.05) is 32.5 Å². The van der Waals surface area contributed by atoms with Crippen LogP contribution in [0, 0.1) is 0 Å². The van der Waals surface area contributed by atoms with E-state index in [2.05, 4.69) is 5.10 Å². The van der Waals surface area contributed by atoms with E-state index in [1.165, 1.54) is 7.11 Å². The van der Waals surface area contributed by atoms with Crippen molar-refractivity contribution in [3.63, 3.8) is 0 Å². The summed E-state index contributed by atoms with van der Waals surface area (Å²) in [6.45, 7) is 1.56. The number of carbonyl (C=O) groups is 1. The smallest absolute Gasteiger partial charge is 0.256 e. The average molecular weight is 226 g/mol. The first kappa shape index (κ1) is 10.7. The van der Waals surface area contributed by atoms with Gasteiger partial charge in [-0.25, -0.2) is 4.68 Å². The molecule has 1 atom stereocenters. The van der Waals surface area contributed by atoms with Gasteiger partial charge in [0.25, 0.3) is 5.88 Å². The lowest BCUT2D eigenvalue weighted by Gasteiger charge is -2.29. The molecule has 0 radical (unpaired) electrons. The molecule has 1 fully saturated rings. The molecule has 1 aromatic heterocycles. The summed E-state index contributed by atoms with van der Waals surface area (Å²) >= 11 is 0. The van der Waals surface area contributed by atoms with Gasteiger partial charge < -0.3 is 20.1 Å². The molecule has 0 spiro atoms. The summed E-state index contributed by atoms with van der Waals surface area (Å²) in [5.41, 5.74) is 6.13. The number of nitrogen functional groups attached to an aromatic ring is 1. The van der Waals surface area contributed by atoms with Crippen LogP contribution in [-0.4, -0.2) is 47.9 Å². The lowest BCUT2D eigenvalue weighted by atomic mass is 10.4. The molecule has 0 aliphatic carbocycles. The van der Waals surface area contributed by atoms with E-state index >= 15 is 0 Å². The number of nitrogens with two attached hydrogens (primary N) is 1. The summed E-state index contributed by atoms with van der Waals surface area (Å²) in [4.78, 5) is 12.3. The molecule has 1 amide bonds. The third kappa shape index (κ3) is 1.94. The van der Waals surface area contributed by atoms with Gasteiger partial charge in [0.2, 0.25) is 6.41 Å². The molecule has 1 saturated heterocycles. The van der Waals surface area contributed by atoms with Gasteiger partial charge >= 0.3 is 0 Å². The van der Waals surface area contributed by atoms with Crippen LogP contribution in [0.3, 0.4) is 0 Å². The van der Waals surface area contributed by atoms with Crippen molar-refractivity contribution in [2.45, 2.75) is 6.23 Å². The molecule has 2 rings (SSSR count). The predicted octanol–water partition coefficient (Wildman–Crippen LogP) is -0.539. The molecule has 88 valence electrons. The Morgan fingerprint density at radius 3 is 3.19 bits per heavy atom. The fraction of sp³-hybridized carbons (Fsp3) is 0.556. The number of ether oxygens (including phenoxy) is 2. The molecule has 0 bridgehead atoms. The maximum absolute atomic E-state index is 10.7. The zero-order valence-electron chi connectivity index (χ0n) is 9.00. The van der Waals surface area contributed by atoms with Crippen LogP contribution in [0.1, 0.15) is 6.23 Å². The standard InChI is InChI=1S/C9H14N4O3/c1-15-9-7(10)4-13(11-9)8-5-12(6-14)2-3-16-8/h4,6,8H,2-3,5,10H2,1H3. The lowest BCUT2D eigenvalue weighted by molar-refractivity contribution is -0.130. The molecule has 2 N–H and O–H groups in total. The highest BCUT2D eigenvalue weighted by molar-refractivity contribution is 5.47. The summed E-state index contributed by atoms with van der Waals surface area (Å²) in [5.74, 6) is 0.367. The Hall–Kier alpha value is -1.76. The van der Waals surface area contributed by atoms with E-state index in [1.807, 2.05) is 0 Å². The maximum atomic E-state index is 10.7. The zero-order chi connectivity index (χ0) is 11.5. The number of aromatic nitrogens is 2. The highest BCUT2D eigenvalue weighted by atomic mass is 16.5.